The average Bonchev–Trinajstić information content (AvgIpc) is 2.15. The highest BCUT2D eigenvalue weighted by Gasteiger charge is 1.94. The van der Waals surface area contributed by atoms with Crippen molar-refractivity contribution in [3.63, 3.8) is 0 Å². The molecule has 14 heavy (non-hydrogen) atoms. The summed E-state index contributed by atoms with van der Waals surface area (Å²) in [5, 5.41) is 0. The summed E-state index contributed by atoms with van der Waals surface area (Å²) < 4.78 is 0. The van der Waals surface area contributed by atoms with E-state index in [0.717, 1.165) is 12.1 Å². The summed E-state index contributed by atoms with van der Waals surface area (Å²) in [5.74, 6) is 0. The number of nitrogens with two attached hydrogens (primary N) is 1. The number of aryl methyl sites for hydroxylation is 1. The molecule has 0 aliphatic rings. The van der Waals surface area contributed by atoms with E-state index >= 15 is 0 Å². The highest BCUT2D eigenvalue weighted by atomic mass is 15.0. The molecule has 0 spiro atoms. The van der Waals surface area contributed by atoms with Crippen LogP contribution in [0, 0.1) is 0 Å². The van der Waals surface area contributed by atoms with Gasteiger partial charge in [0.15, 0.2) is 0 Å². The average molecular weight is 192 g/mol. The Kier molecular flexibility index (Phi) is 4.47. The molecule has 0 unspecified atom stereocenters. The molecule has 0 saturated heterocycles. The number of anilines is 1. The van der Waals surface area contributed by atoms with Crippen molar-refractivity contribution in [2.45, 2.75) is 19.3 Å². The molecule has 78 valence electrons. The van der Waals surface area contributed by atoms with Crippen LogP contribution in [0.3, 0.4) is 0 Å². The highest BCUT2D eigenvalue weighted by molar-refractivity contribution is 5.39. The Morgan fingerprint density at radius 2 is 1.71 bits per heavy atom. The molecule has 2 heteroatoms. The van der Waals surface area contributed by atoms with Gasteiger partial charge in [0.2, 0.25) is 0 Å². The van der Waals surface area contributed by atoms with Gasteiger partial charge < -0.3 is 10.6 Å². The molecule has 0 fully saturated rings. The Balaban J connectivity index is 2.21. The van der Waals surface area contributed by atoms with Gasteiger partial charge in [-0.05, 0) is 57.6 Å². The van der Waals surface area contributed by atoms with Gasteiger partial charge in [0.05, 0.1) is 0 Å². The van der Waals surface area contributed by atoms with Crippen LogP contribution in [-0.2, 0) is 6.42 Å². The van der Waals surface area contributed by atoms with Crippen LogP contribution in [0.5, 0.6) is 0 Å². The molecule has 0 amide bonds. The van der Waals surface area contributed by atoms with Gasteiger partial charge in [0.25, 0.3) is 0 Å². The number of benzene rings is 1. The lowest BCUT2D eigenvalue weighted by Gasteiger charge is -2.08. The smallest absolute Gasteiger partial charge is 0.0314 e. The fraction of sp³-hybridized carbons (Fsp3) is 0.500. The SMILES string of the molecule is CN(C)CCCCc1ccc(N)cc1. The summed E-state index contributed by atoms with van der Waals surface area (Å²) in [6, 6.07) is 8.18. The molecule has 0 aliphatic carbocycles. The minimum absolute atomic E-state index is 0.849. The van der Waals surface area contributed by atoms with Crippen LogP contribution < -0.4 is 5.73 Å². The Morgan fingerprint density at radius 1 is 1.07 bits per heavy atom. The second-order valence-corrected chi connectivity index (χ2v) is 4.00. The van der Waals surface area contributed by atoms with Crippen molar-refractivity contribution in [1.29, 1.82) is 0 Å². The van der Waals surface area contributed by atoms with E-state index < -0.39 is 0 Å². The topological polar surface area (TPSA) is 29.3 Å². The third-order valence-electron chi connectivity index (χ3n) is 2.30. The van der Waals surface area contributed by atoms with E-state index in [1.54, 1.807) is 0 Å². The first-order chi connectivity index (χ1) is 6.68. The predicted molar refractivity (Wildman–Crippen MR) is 62.3 cm³/mol. The zero-order valence-corrected chi connectivity index (χ0v) is 9.16. The zero-order chi connectivity index (χ0) is 10.4. The second kappa shape index (κ2) is 5.66. The van der Waals surface area contributed by atoms with Crippen LogP contribution in [0.4, 0.5) is 5.69 Å². The van der Waals surface area contributed by atoms with Crippen LogP contribution in [0.15, 0.2) is 24.3 Å². The Bertz CT molecular complexity index is 252. The normalized spacial score (nSPS) is 10.8. The summed E-state index contributed by atoms with van der Waals surface area (Å²) >= 11 is 0. The number of unbranched alkanes of at least 4 members (excludes halogenated alkanes) is 1. The van der Waals surface area contributed by atoms with Crippen LogP contribution in [0.1, 0.15) is 18.4 Å². The molecule has 0 heterocycles. The fourth-order valence-corrected chi connectivity index (χ4v) is 1.44. The van der Waals surface area contributed by atoms with E-state index in [4.69, 9.17) is 5.73 Å². The van der Waals surface area contributed by atoms with E-state index in [2.05, 4.69) is 31.1 Å². The van der Waals surface area contributed by atoms with Crippen molar-refractivity contribution in [2.24, 2.45) is 0 Å². The molecule has 0 aromatic heterocycles. The first-order valence-corrected chi connectivity index (χ1v) is 5.17. The van der Waals surface area contributed by atoms with Crippen LogP contribution >= 0.6 is 0 Å². The van der Waals surface area contributed by atoms with Gasteiger partial charge >= 0.3 is 0 Å². The number of nitrogen functional groups attached to an aromatic ring is 1. The molecule has 1 rings (SSSR count). The maximum absolute atomic E-state index is 5.61. The minimum atomic E-state index is 0.849. The first-order valence-electron chi connectivity index (χ1n) is 5.17. The van der Waals surface area contributed by atoms with Gasteiger partial charge in [0, 0.05) is 5.69 Å². The number of rotatable bonds is 5. The summed E-state index contributed by atoms with van der Waals surface area (Å²) in [4.78, 5) is 2.23. The summed E-state index contributed by atoms with van der Waals surface area (Å²) in [6.45, 7) is 1.18. The summed E-state index contributed by atoms with van der Waals surface area (Å²) in [6.07, 6.45) is 3.67. The number of nitrogens with zero attached hydrogens (tertiary/aromatic N) is 1. The van der Waals surface area contributed by atoms with E-state index in [-0.39, 0.29) is 0 Å². The molecule has 0 atom stereocenters. The van der Waals surface area contributed by atoms with E-state index in [9.17, 15) is 0 Å². The van der Waals surface area contributed by atoms with E-state index in [1.165, 1.54) is 24.9 Å². The van der Waals surface area contributed by atoms with Gasteiger partial charge in [0.1, 0.15) is 0 Å². The first kappa shape index (κ1) is 11.1. The molecular formula is C12H20N2. The number of hydrogen-bond donors (Lipinski definition) is 1. The van der Waals surface area contributed by atoms with Crippen molar-refractivity contribution in [3.8, 4) is 0 Å². The van der Waals surface area contributed by atoms with Crippen molar-refractivity contribution < 1.29 is 0 Å². The van der Waals surface area contributed by atoms with Gasteiger partial charge in [-0.15, -0.1) is 0 Å². The molecule has 0 aliphatic heterocycles. The monoisotopic (exact) mass is 192 g/mol. The molecule has 2 N–H and O–H groups in total. The summed E-state index contributed by atoms with van der Waals surface area (Å²) in [7, 11) is 4.23. The maximum atomic E-state index is 5.61. The van der Waals surface area contributed by atoms with Crippen LogP contribution in [0.25, 0.3) is 0 Å². The lowest BCUT2D eigenvalue weighted by molar-refractivity contribution is 0.394. The molecule has 0 bridgehead atoms. The Hall–Kier alpha value is -1.02. The van der Waals surface area contributed by atoms with Crippen molar-refractivity contribution in [3.05, 3.63) is 29.8 Å². The van der Waals surface area contributed by atoms with Gasteiger partial charge in [-0.3, -0.25) is 0 Å². The zero-order valence-electron chi connectivity index (χ0n) is 9.16. The molecule has 1 aromatic carbocycles. The van der Waals surface area contributed by atoms with E-state index in [1.807, 2.05) is 12.1 Å². The Morgan fingerprint density at radius 3 is 2.29 bits per heavy atom. The molecule has 0 saturated carbocycles. The molecule has 2 nitrogen and oxygen atoms in total. The summed E-state index contributed by atoms with van der Waals surface area (Å²) in [5.41, 5.74) is 7.85. The predicted octanol–water partition coefficient (Wildman–Crippen LogP) is 2.15. The minimum Gasteiger partial charge on any atom is -0.399 e. The van der Waals surface area contributed by atoms with E-state index in [0.29, 0.717) is 0 Å². The fourth-order valence-electron chi connectivity index (χ4n) is 1.44. The van der Waals surface area contributed by atoms with Crippen molar-refractivity contribution in [1.82, 2.24) is 4.90 Å². The van der Waals surface area contributed by atoms with Gasteiger partial charge in [-0.2, -0.15) is 0 Å². The quantitative estimate of drug-likeness (QED) is 0.572. The number of hydrogen-bond acceptors (Lipinski definition) is 2. The molecule has 1 aromatic rings. The van der Waals surface area contributed by atoms with Crippen LogP contribution in [-0.4, -0.2) is 25.5 Å². The van der Waals surface area contributed by atoms with Crippen molar-refractivity contribution in [2.75, 3.05) is 26.4 Å². The standard InChI is InChI=1S/C12H20N2/c1-14(2)10-4-3-5-11-6-8-12(13)9-7-11/h6-9H,3-5,10,13H2,1-2H3. The molecular weight excluding hydrogens is 172 g/mol. The molecule has 0 radical (unpaired) electrons. The van der Waals surface area contributed by atoms with Crippen LogP contribution in [0.2, 0.25) is 0 Å². The largest absolute Gasteiger partial charge is 0.399 e. The third kappa shape index (κ3) is 4.28. The van der Waals surface area contributed by atoms with Gasteiger partial charge in [-0.1, -0.05) is 12.1 Å². The lowest BCUT2D eigenvalue weighted by Crippen LogP contribution is -2.12. The second-order valence-electron chi connectivity index (χ2n) is 4.00. The Labute approximate surface area is 86.7 Å². The maximum Gasteiger partial charge on any atom is 0.0314 e. The highest BCUT2D eigenvalue weighted by Crippen LogP contribution is 2.08. The third-order valence-corrected chi connectivity index (χ3v) is 2.30. The van der Waals surface area contributed by atoms with Crippen molar-refractivity contribution >= 4 is 5.69 Å². The van der Waals surface area contributed by atoms with Gasteiger partial charge in [-0.25, -0.2) is 0 Å². The lowest BCUT2D eigenvalue weighted by atomic mass is 10.1.